The number of nitrogens with zero attached hydrogens (tertiary/aromatic N) is 3. The Kier molecular flexibility index (Phi) is 3.62. The van der Waals surface area contributed by atoms with E-state index in [2.05, 4.69) is 4.98 Å². The first-order valence-electron chi connectivity index (χ1n) is 8.36. The number of anilines is 1. The standard InChI is InChI=1S/C18H25N3O3/c1-17(2,3)21(16(23)24)12-9-11(10-12)20-14-13(7-6-8-19-14)18(4,5)15(20)22/h6-8,11-12H,9-10H2,1-5H3,(H,23,24)/t11-,12-. The van der Waals surface area contributed by atoms with Crippen LogP contribution in [0.2, 0.25) is 0 Å². The molecular weight excluding hydrogens is 306 g/mol. The predicted octanol–water partition coefficient (Wildman–Crippen LogP) is 3.02. The Hall–Kier alpha value is -2.11. The second kappa shape index (κ2) is 5.19. The molecule has 1 N–H and O–H groups in total. The first-order chi connectivity index (χ1) is 11.0. The maximum atomic E-state index is 12.9. The summed E-state index contributed by atoms with van der Waals surface area (Å²) < 4.78 is 0. The summed E-state index contributed by atoms with van der Waals surface area (Å²) in [4.78, 5) is 32.2. The average molecular weight is 331 g/mol. The van der Waals surface area contributed by atoms with Gasteiger partial charge in [-0.1, -0.05) is 6.07 Å². The van der Waals surface area contributed by atoms with E-state index in [4.69, 9.17) is 0 Å². The average Bonchev–Trinajstić information content (AvgIpc) is 2.61. The van der Waals surface area contributed by atoms with Gasteiger partial charge in [0.25, 0.3) is 0 Å². The van der Waals surface area contributed by atoms with Crippen LogP contribution in [-0.2, 0) is 10.2 Å². The fourth-order valence-electron chi connectivity index (χ4n) is 3.90. The van der Waals surface area contributed by atoms with Gasteiger partial charge < -0.3 is 10.0 Å². The Morgan fingerprint density at radius 2 is 2.00 bits per heavy atom. The van der Waals surface area contributed by atoms with Gasteiger partial charge in [0.2, 0.25) is 5.91 Å². The monoisotopic (exact) mass is 331 g/mol. The van der Waals surface area contributed by atoms with E-state index in [-0.39, 0.29) is 18.0 Å². The van der Waals surface area contributed by atoms with Gasteiger partial charge in [-0.3, -0.25) is 9.69 Å². The Balaban J connectivity index is 1.82. The summed E-state index contributed by atoms with van der Waals surface area (Å²) in [5.74, 6) is 0.783. The summed E-state index contributed by atoms with van der Waals surface area (Å²) in [5.41, 5.74) is -0.0822. The molecule has 0 unspecified atom stereocenters. The number of hydrogen-bond acceptors (Lipinski definition) is 3. The third-order valence-electron chi connectivity index (χ3n) is 5.19. The van der Waals surface area contributed by atoms with E-state index >= 15 is 0 Å². The highest BCUT2D eigenvalue weighted by Gasteiger charge is 2.52. The molecule has 1 aliphatic carbocycles. The van der Waals surface area contributed by atoms with Gasteiger partial charge >= 0.3 is 6.09 Å². The van der Waals surface area contributed by atoms with E-state index in [1.165, 1.54) is 4.90 Å². The van der Waals surface area contributed by atoms with Crippen LogP contribution < -0.4 is 4.90 Å². The summed E-state index contributed by atoms with van der Waals surface area (Å²) in [6, 6.07) is 3.76. The van der Waals surface area contributed by atoms with Gasteiger partial charge in [0.05, 0.1) is 5.41 Å². The van der Waals surface area contributed by atoms with Crippen LogP contribution >= 0.6 is 0 Å². The fraction of sp³-hybridized carbons (Fsp3) is 0.611. The number of carbonyl (C=O) groups is 2. The Bertz CT molecular complexity index is 687. The van der Waals surface area contributed by atoms with E-state index in [1.807, 2.05) is 46.8 Å². The molecule has 24 heavy (non-hydrogen) atoms. The molecule has 2 aliphatic rings. The van der Waals surface area contributed by atoms with Crippen molar-refractivity contribution >= 4 is 17.8 Å². The van der Waals surface area contributed by atoms with Gasteiger partial charge in [0.1, 0.15) is 5.82 Å². The summed E-state index contributed by atoms with van der Waals surface area (Å²) in [6.45, 7) is 9.54. The molecule has 3 rings (SSSR count). The van der Waals surface area contributed by atoms with Crippen molar-refractivity contribution in [3.63, 3.8) is 0 Å². The smallest absolute Gasteiger partial charge is 0.407 e. The van der Waals surface area contributed by atoms with Gasteiger partial charge in [-0.2, -0.15) is 0 Å². The molecule has 1 aliphatic heterocycles. The number of carboxylic acid groups (broad SMARTS) is 1. The van der Waals surface area contributed by atoms with Crippen molar-refractivity contribution in [2.24, 2.45) is 0 Å². The van der Waals surface area contributed by atoms with Gasteiger partial charge in [0, 0.05) is 29.4 Å². The highest BCUT2D eigenvalue weighted by atomic mass is 16.4. The van der Waals surface area contributed by atoms with Crippen LogP contribution in [0.25, 0.3) is 0 Å². The summed E-state index contributed by atoms with van der Waals surface area (Å²) in [5, 5.41) is 9.52. The molecule has 2 amide bonds. The predicted molar refractivity (Wildman–Crippen MR) is 91.2 cm³/mol. The zero-order chi connectivity index (χ0) is 17.9. The number of aromatic nitrogens is 1. The number of carbonyl (C=O) groups excluding carboxylic acids is 1. The minimum Gasteiger partial charge on any atom is -0.465 e. The molecule has 1 aromatic rings. The van der Waals surface area contributed by atoms with Crippen molar-refractivity contribution in [3.8, 4) is 0 Å². The van der Waals surface area contributed by atoms with E-state index < -0.39 is 17.0 Å². The number of rotatable bonds is 2. The first-order valence-corrected chi connectivity index (χ1v) is 8.36. The SMILES string of the molecule is CC1(C)C(=O)N([C@H]2C[C@H](N(C(=O)O)C(C)(C)C)C2)c2ncccc21. The largest absolute Gasteiger partial charge is 0.465 e. The van der Waals surface area contributed by atoms with Gasteiger partial charge in [0.15, 0.2) is 0 Å². The van der Waals surface area contributed by atoms with Crippen molar-refractivity contribution in [1.82, 2.24) is 9.88 Å². The van der Waals surface area contributed by atoms with Crippen molar-refractivity contribution in [1.29, 1.82) is 0 Å². The number of fused-ring (bicyclic) bond motifs is 1. The van der Waals surface area contributed by atoms with Gasteiger partial charge in [-0.15, -0.1) is 0 Å². The second-order valence-corrected chi connectivity index (χ2v) is 8.28. The van der Waals surface area contributed by atoms with Gasteiger partial charge in [-0.25, -0.2) is 9.78 Å². The maximum absolute atomic E-state index is 12.9. The minimum atomic E-state index is -0.905. The lowest BCUT2D eigenvalue weighted by molar-refractivity contribution is -0.123. The number of hydrogen-bond donors (Lipinski definition) is 1. The zero-order valence-electron chi connectivity index (χ0n) is 14.9. The zero-order valence-corrected chi connectivity index (χ0v) is 14.9. The van der Waals surface area contributed by atoms with Crippen molar-refractivity contribution in [2.75, 3.05) is 4.90 Å². The molecule has 2 heterocycles. The van der Waals surface area contributed by atoms with Crippen molar-refractivity contribution < 1.29 is 14.7 Å². The van der Waals surface area contributed by atoms with E-state index in [0.29, 0.717) is 12.8 Å². The molecule has 0 bridgehead atoms. The number of amides is 2. The highest BCUT2D eigenvalue weighted by Crippen LogP contribution is 2.45. The lowest BCUT2D eigenvalue weighted by atomic mass is 9.81. The molecule has 1 aromatic heterocycles. The molecule has 0 radical (unpaired) electrons. The normalized spacial score (nSPS) is 25.2. The lowest BCUT2D eigenvalue weighted by Crippen LogP contribution is -2.61. The molecule has 1 fully saturated rings. The van der Waals surface area contributed by atoms with Crippen LogP contribution in [-0.4, -0.2) is 44.6 Å². The molecule has 0 saturated heterocycles. The Labute approximate surface area is 142 Å². The fourth-order valence-corrected chi connectivity index (χ4v) is 3.90. The van der Waals surface area contributed by atoms with Crippen LogP contribution in [0.15, 0.2) is 18.3 Å². The van der Waals surface area contributed by atoms with Crippen molar-refractivity contribution in [2.45, 2.75) is 70.5 Å². The van der Waals surface area contributed by atoms with Crippen molar-refractivity contribution in [3.05, 3.63) is 23.9 Å². The minimum absolute atomic E-state index is 0.0159. The van der Waals surface area contributed by atoms with Gasteiger partial charge in [-0.05, 0) is 53.5 Å². The highest BCUT2D eigenvalue weighted by molar-refractivity contribution is 6.07. The van der Waals surface area contributed by atoms with Crippen LogP contribution in [0.1, 0.15) is 53.0 Å². The first kappa shape index (κ1) is 16.7. The topological polar surface area (TPSA) is 73.7 Å². The summed E-state index contributed by atoms with van der Waals surface area (Å²) in [6.07, 6.45) is 2.11. The van der Waals surface area contributed by atoms with E-state index in [1.54, 1.807) is 11.1 Å². The van der Waals surface area contributed by atoms with Crippen LogP contribution in [0.5, 0.6) is 0 Å². The van der Waals surface area contributed by atoms with Crippen LogP contribution in [0.3, 0.4) is 0 Å². The second-order valence-electron chi connectivity index (χ2n) is 8.28. The quantitative estimate of drug-likeness (QED) is 0.904. The maximum Gasteiger partial charge on any atom is 0.407 e. The molecule has 0 atom stereocenters. The molecule has 0 spiro atoms. The van der Waals surface area contributed by atoms with Crippen LogP contribution in [0.4, 0.5) is 10.6 Å². The van der Waals surface area contributed by atoms with Crippen LogP contribution in [0, 0.1) is 0 Å². The summed E-state index contributed by atoms with van der Waals surface area (Å²) >= 11 is 0. The molecule has 6 nitrogen and oxygen atoms in total. The number of pyridine rings is 1. The molecule has 130 valence electrons. The summed E-state index contributed by atoms with van der Waals surface area (Å²) in [7, 11) is 0. The molecule has 6 heteroatoms. The third-order valence-corrected chi connectivity index (χ3v) is 5.19. The Morgan fingerprint density at radius 3 is 2.54 bits per heavy atom. The lowest BCUT2D eigenvalue weighted by Gasteiger charge is -2.49. The third kappa shape index (κ3) is 2.36. The van der Waals surface area contributed by atoms with E-state index in [9.17, 15) is 14.7 Å². The molecule has 1 saturated carbocycles. The van der Waals surface area contributed by atoms with E-state index in [0.717, 1.165) is 11.4 Å². The Morgan fingerprint density at radius 1 is 1.38 bits per heavy atom. The molecule has 0 aromatic carbocycles. The molecular formula is C18H25N3O3.